The zero-order valence-corrected chi connectivity index (χ0v) is 12.6. The summed E-state index contributed by atoms with van der Waals surface area (Å²) in [6.07, 6.45) is 12.0. The van der Waals surface area contributed by atoms with Crippen LogP contribution in [-0.4, -0.2) is 26.3 Å². The number of unbranched alkanes of at least 4 members (excludes halogenated alkanes) is 1. The van der Waals surface area contributed by atoms with Crippen molar-refractivity contribution in [2.45, 2.75) is 71.6 Å². The van der Waals surface area contributed by atoms with Gasteiger partial charge in [0, 0.05) is 19.8 Å². The van der Waals surface area contributed by atoms with E-state index in [-0.39, 0.29) is 0 Å². The standard InChI is InChI=1S/C16H33NO/c1-3-5-13-18-14-11-16(15-17-12-4-2)9-7-6-8-10-16/h17H,3-15H2,1-2H3. The van der Waals surface area contributed by atoms with E-state index in [9.17, 15) is 0 Å². The Morgan fingerprint density at radius 2 is 1.78 bits per heavy atom. The van der Waals surface area contributed by atoms with Crippen molar-refractivity contribution in [3.8, 4) is 0 Å². The van der Waals surface area contributed by atoms with E-state index in [1.54, 1.807) is 0 Å². The third-order valence-corrected chi connectivity index (χ3v) is 4.26. The Morgan fingerprint density at radius 3 is 2.44 bits per heavy atom. The van der Waals surface area contributed by atoms with Crippen molar-refractivity contribution in [2.75, 3.05) is 26.3 Å². The van der Waals surface area contributed by atoms with Crippen LogP contribution < -0.4 is 5.32 Å². The summed E-state index contributed by atoms with van der Waals surface area (Å²) in [4.78, 5) is 0. The summed E-state index contributed by atoms with van der Waals surface area (Å²) >= 11 is 0. The summed E-state index contributed by atoms with van der Waals surface area (Å²) in [5.74, 6) is 0. The predicted octanol–water partition coefficient (Wildman–Crippen LogP) is 4.14. The highest BCUT2D eigenvalue weighted by Gasteiger charge is 2.31. The summed E-state index contributed by atoms with van der Waals surface area (Å²) in [6, 6.07) is 0. The number of hydrogen-bond acceptors (Lipinski definition) is 2. The molecule has 108 valence electrons. The van der Waals surface area contributed by atoms with E-state index < -0.39 is 0 Å². The molecule has 0 saturated heterocycles. The SMILES string of the molecule is CCCCOCCC1(CNCCC)CCCCC1. The summed E-state index contributed by atoms with van der Waals surface area (Å²) < 4.78 is 5.78. The Balaban J connectivity index is 2.25. The van der Waals surface area contributed by atoms with Gasteiger partial charge >= 0.3 is 0 Å². The van der Waals surface area contributed by atoms with E-state index in [1.165, 1.54) is 70.9 Å². The predicted molar refractivity (Wildman–Crippen MR) is 79.0 cm³/mol. The molecule has 0 heterocycles. The second-order valence-corrected chi connectivity index (χ2v) is 5.95. The second-order valence-electron chi connectivity index (χ2n) is 5.95. The van der Waals surface area contributed by atoms with Gasteiger partial charge in [-0.05, 0) is 44.1 Å². The van der Waals surface area contributed by atoms with Gasteiger partial charge in [0.05, 0.1) is 0 Å². The molecule has 1 saturated carbocycles. The van der Waals surface area contributed by atoms with Gasteiger partial charge in [-0.1, -0.05) is 39.5 Å². The summed E-state index contributed by atoms with van der Waals surface area (Å²) in [6.45, 7) is 8.76. The van der Waals surface area contributed by atoms with Crippen molar-refractivity contribution in [2.24, 2.45) is 5.41 Å². The highest BCUT2D eigenvalue weighted by Crippen LogP contribution is 2.38. The lowest BCUT2D eigenvalue weighted by Crippen LogP contribution is -2.37. The monoisotopic (exact) mass is 255 g/mol. The van der Waals surface area contributed by atoms with Crippen molar-refractivity contribution >= 4 is 0 Å². The Labute approximate surface area is 114 Å². The molecule has 1 N–H and O–H groups in total. The Hall–Kier alpha value is -0.0800. The van der Waals surface area contributed by atoms with Gasteiger partial charge in [-0.25, -0.2) is 0 Å². The van der Waals surface area contributed by atoms with Crippen LogP contribution in [0.2, 0.25) is 0 Å². The number of rotatable bonds is 10. The first kappa shape index (κ1) is 16.0. The van der Waals surface area contributed by atoms with Crippen LogP contribution >= 0.6 is 0 Å². The van der Waals surface area contributed by atoms with Crippen LogP contribution in [-0.2, 0) is 4.74 Å². The fraction of sp³-hybridized carbons (Fsp3) is 1.00. The van der Waals surface area contributed by atoms with Crippen LogP contribution in [0.25, 0.3) is 0 Å². The molecule has 0 unspecified atom stereocenters. The van der Waals surface area contributed by atoms with Crippen molar-refractivity contribution in [1.29, 1.82) is 0 Å². The van der Waals surface area contributed by atoms with E-state index in [2.05, 4.69) is 19.2 Å². The van der Waals surface area contributed by atoms with Gasteiger partial charge in [0.25, 0.3) is 0 Å². The van der Waals surface area contributed by atoms with Crippen LogP contribution in [0.15, 0.2) is 0 Å². The number of ether oxygens (including phenoxy) is 1. The van der Waals surface area contributed by atoms with Crippen molar-refractivity contribution in [3.63, 3.8) is 0 Å². The third kappa shape index (κ3) is 6.19. The summed E-state index contributed by atoms with van der Waals surface area (Å²) in [5, 5.41) is 3.64. The molecule has 0 aromatic carbocycles. The van der Waals surface area contributed by atoms with Crippen molar-refractivity contribution < 1.29 is 4.74 Å². The topological polar surface area (TPSA) is 21.3 Å². The fourth-order valence-electron chi connectivity index (χ4n) is 2.98. The lowest BCUT2D eigenvalue weighted by molar-refractivity contribution is 0.0716. The van der Waals surface area contributed by atoms with Crippen LogP contribution in [0, 0.1) is 5.41 Å². The van der Waals surface area contributed by atoms with Gasteiger partial charge in [-0.2, -0.15) is 0 Å². The average molecular weight is 255 g/mol. The number of nitrogens with one attached hydrogen (secondary N) is 1. The maximum atomic E-state index is 5.78. The van der Waals surface area contributed by atoms with E-state index in [4.69, 9.17) is 4.74 Å². The lowest BCUT2D eigenvalue weighted by Gasteiger charge is -2.37. The van der Waals surface area contributed by atoms with Gasteiger partial charge in [0.1, 0.15) is 0 Å². The lowest BCUT2D eigenvalue weighted by atomic mass is 9.72. The molecule has 1 aliphatic rings. The van der Waals surface area contributed by atoms with Crippen molar-refractivity contribution in [3.05, 3.63) is 0 Å². The minimum atomic E-state index is 0.541. The molecule has 1 aliphatic carbocycles. The third-order valence-electron chi connectivity index (χ3n) is 4.26. The maximum Gasteiger partial charge on any atom is 0.0471 e. The molecule has 0 aromatic heterocycles. The molecule has 0 spiro atoms. The van der Waals surface area contributed by atoms with Crippen LogP contribution in [0.5, 0.6) is 0 Å². The second kappa shape index (κ2) is 9.80. The van der Waals surface area contributed by atoms with Gasteiger partial charge in [0.2, 0.25) is 0 Å². The Morgan fingerprint density at radius 1 is 1.00 bits per heavy atom. The molecular weight excluding hydrogens is 222 g/mol. The van der Waals surface area contributed by atoms with Gasteiger partial charge in [-0.15, -0.1) is 0 Å². The van der Waals surface area contributed by atoms with Crippen LogP contribution in [0.3, 0.4) is 0 Å². The molecule has 2 nitrogen and oxygen atoms in total. The van der Waals surface area contributed by atoms with Crippen molar-refractivity contribution in [1.82, 2.24) is 5.32 Å². The van der Waals surface area contributed by atoms with E-state index >= 15 is 0 Å². The Kier molecular flexibility index (Phi) is 8.70. The van der Waals surface area contributed by atoms with Crippen LogP contribution in [0.4, 0.5) is 0 Å². The van der Waals surface area contributed by atoms with E-state index in [1.807, 2.05) is 0 Å². The molecule has 1 fully saturated rings. The van der Waals surface area contributed by atoms with Gasteiger partial charge in [0.15, 0.2) is 0 Å². The Bertz CT molecular complexity index is 188. The zero-order valence-electron chi connectivity index (χ0n) is 12.6. The molecule has 2 heteroatoms. The minimum Gasteiger partial charge on any atom is -0.381 e. The molecule has 0 amide bonds. The first-order valence-corrected chi connectivity index (χ1v) is 8.11. The average Bonchev–Trinajstić information content (AvgIpc) is 2.40. The minimum absolute atomic E-state index is 0.541. The zero-order chi connectivity index (χ0) is 13.1. The molecule has 0 atom stereocenters. The number of hydrogen-bond donors (Lipinski definition) is 1. The molecule has 0 aliphatic heterocycles. The largest absolute Gasteiger partial charge is 0.381 e. The fourth-order valence-corrected chi connectivity index (χ4v) is 2.98. The van der Waals surface area contributed by atoms with Gasteiger partial charge in [-0.3, -0.25) is 0 Å². The van der Waals surface area contributed by atoms with Crippen LogP contribution in [0.1, 0.15) is 71.6 Å². The highest BCUT2D eigenvalue weighted by atomic mass is 16.5. The molecular formula is C16H33NO. The molecule has 1 rings (SSSR count). The first-order chi connectivity index (χ1) is 8.83. The highest BCUT2D eigenvalue weighted by molar-refractivity contribution is 4.84. The molecule has 18 heavy (non-hydrogen) atoms. The molecule has 0 bridgehead atoms. The summed E-state index contributed by atoms with van der Waals surface area (Å²) in [5.41, 5.74) is 0.541. The normalized spacial score (nSPS) is 19.0. The smallest absolute Gasteiger partial charge is 0.0471 e. The summed E-state index contributed by atoms with van der Waals surface area (Å²) in [7, 11) is 0. The molecule has 0 radical (unpaired) electrons. The molecule has 0 aromatic rings. The van der Waals surface area contributed by atoms with E-state index in [0.29, 0.717) is 5.41 Å². The van der Waals surface area contributed by atoms with Gasteiger partial charge < -0.3 is 10.1 Å². The van der Waals surface area contributed by atoms with E-state index in [0.717, 1.165) is 13.2 Å². The maximum absolute atomic E-state index is 5.78. The first-order valence-electron chi connectivity index (χ1n) is 8.11. The quantitative estimate of drug-likeness (QED) is 0.592.